The molecular formula is C23H26F2N2O4. The van der Waals surface area contributed by atoms with Crippen LogP contribution in [0.25, 0.3) is 6.08 Å². The standard InChI is InChI=1S/C23H26F2N2O4/c24-23(25)31-21-7-2-1-5-19(21)8-9-22(28)26-17-18-4-3-6-20(16-18)30-15-12-27-10-13-29-14-11-27/h1-9,16,23H,10-15,17H2,(H,26,28)/b9-8+. The van der Waals surface area contributed by atoms with Gasteiger partial charge in [0.1, 0.15) is 18.1 Å². The van der Waals surface area contributed by atoms with Gasteiger partial charge in [-0.3, -0.25) is 9.69 Å². The van der Waals surface area contributed by atoms with Crippen LogP contribution in [0.3, 0.4) is 0 Å². The van der Waals surface area contributed by atoms with Crippen molar-refractivity contribution in [3.8, 4) is 11.5 Å². The Morgan fingerprint density at radius 2 is 1.97 bits per heavy atom. The molecule has 0 aliphatic carbocycles. The molecule has 1 aliphatic heterocycles. The molecule has 8 heteroatoms. The van der Waals surface area contributed by atoms with E-state index >= 15 is 0 Å². The van der Waals surface area contributed by atoms with E-state index in [4.69, 9.17) is 9.47 Å². The molecule has 0 bridgehead atoms. The van der Waals surface area contributed by atoms with Gasteiger partial charge in [0, 0.05) is 37.8 Å². The van der Waals surface area contributed by atoms with Gasteiger partial charge < -0.3 is 19.5 Å². The average Bonchev–Trinajstić information content (AvgIpc) is 2.78. The molecule has 2 aromatic rings. The second kappa shape index (κ2) is 12.0. The molecule has 31 heavy (non-hydrogen) atoms. The van der Waals surface area contributed by atoms with Gasteiger partial charge in [0.15, 0.2) is 0 Å². The molecular weight excluding hydrogens is 406 g/mol. The van der Waals surface area contributed by atoms with E-state index in [0.717, 1.165) is 44.2 Å². The lowest BCUT2D eigenvalue weighted by molar-refractivity contribution is -0.116. The summed E-state index contributed by atoms with van der Waals surface area (Å²) in [6, 6.07) is 13.8. The number of benzene rings is 2. The summed E-state index contributed by atoms with van der Waals surface area (Å²) < 4.78 is 40.5. The fourth-order valence-corrected chi connectivity index (χ4v) is 3.10. The van der Waals surface area contributed by atoms with Crippen molar-refractivity contribution >= 4 is 12.0 Å². The van der Waals surface area contributed by atoms with Crippen LogP contribution in [0.1, 0.15) is 11.1 Å². The molecule has 1 heterocycles. The highest BCUT2D eigenvalue weighted by Crippen LogP contribution is 2.21. The van der Waals surface area contributed by atoms with Gasteiger partial charge in [0.05, 0.1) is 13.2 Å². The second-order valence-electron chi connectivity index (χ2n) is 6.92. The van der Waals surface area contributed by atoms with Crippen molar-refractivity contribution in [3.05, 3.63) is 65.7 Å². The number of carbonyl (C=O) groups excluding carboxylic acids is 1. The van der Waals surface area contributed by atoms with Gasteiger partial charge in [-0.2, -0.15) is 8.78 Å². The molecule has 3 rings (SSSR count). The van der Waals surface area contributed by atoms with E-state index in [1.54, 1.807) is 18.2 Å². The van der Waals surface area contributed by atoms with Crippen LogP contribution in [0, 0.1) is 0 Å². The van der Waals surface area contributed by atoms with Crippen molar-refractivity contribution in [2.24, 2.45) is 0 Å². The van der Waals surface area contributed by atoms with Gasteiger partial charge in [0.25, 0.3) is 0 Å². The third-order valence-electron chi connectivity index (χ3n) is 4.69. The maximum atomic E-state index is 12.5. The lowest BCUT2D eigenvalue weighted by Gasteiger charge is -2.26. The van der Waals surface area contributed by atoms with Crippen LogP contribution >= 0.6 is 0 Å². The van der Waals surface area contributed by atoms with E-state index in [9.17, 15) is 13.6 Å². The van der Waals surface area contributed by atoms with Crippen LogP contribution in [0.4, 0.5) is 8.78 Å². The number of hydrogen-bond donors (Lipinski definition) is 1. The molecule has 1 fully saturated rings. The quantitative estimate of drug-likeness (QED) is 0.584. The summed E-state index contributed by atoms with van der Waals surface area (Å²) >= 11 is 0. The number of nitrogens with one attached hydrogen (secondary N) is 1. The first-order valence-electron chi connectivity index (χ1n) is 10.1. The molecule has 0 saturated carbocycles. The number of carbonyl (C=O) groups is 1. The molecule has 2 aromatic carbocycles. The predicted octanol–water partition coefficient (Wildman–Crippen LogP) is 3.33. The fourth-order valence-electron chi connectivity index (χ4n) is 3.10. The maximum Gasteiger partial charge on any atom is 0.387 e. The Bertz CT molecular complexity index is 870. The Hall–Kier alpha value is -2.97. The molecule has 166 valence electrons. The van der Waals surface area contributed by atoms with Crippen molar-refractivity contribution < 1.29 is 27.8 Å². The first kappa shape index (κ1) is 22.7. The number of amides is 1. The molecule has 1 N–H and O–H groups in total. The van der Waals surface area contributed by atoms with Gasteiger partial charge in [0.2, 0.25) is 5.91 Å². The van der Waals surface area contributed by atoms with Crippen LogP contribution in [0.5, 0.6) is 11.5 Å². The van der Waals surface area contributed by atoms with Gasteiger partial charge in [-0.15, -0.1) is 0 Å². The molecule has 6 nitrogen and oxygen atoms in total. The lowest BCUT2D eigenvalue weighted by atomic mass is 10.2. The Morgan fingerprint density at radius 3 is 2.77 bits per heavy atom. The highest BCUT2D eigenvalue weighted by molar-refractivity contribution is 5.92. The Labute approximate surface area is 180 Å². The van der Waals surface area contributed by atoms with Gasteiger partial charge >= 0.3 is 6.61 Å². The fraction of sp³-hybridized carbons (Fsp3) is 0.348. The van der Waals surface area contributed by atoms with Crippen molar-refractivity contribution in [2.45, 2.75) is 13.2 Å². The molecule has 1 saturated heterocycles. The zero-order valence-electron chi connectivity index (χ0n) is 17.1. The van der Waals surface area contributed by atoms with Crippen LogP contribution in [0.15, 0.2) is 54.6 Å². The van der Waals surface area contributed by atoms with Crippen LogP contribution in [0.2, 0.25) is 0 Å². The normalized spacial score (nSPS) is 14.7. The highest BCUT2D eigenvalue weighted by Gasteiger charge is 2.10. The SMILES string of the molecule is O=C(/C=C/c1ccccc1OC(F)F)NCc1cccc(OCCN2CCOCC2)c1. The minimum Gasteiger partial charge on any atom is -0.492 e. The number of rotatable bonds is 10. The Balaban J connectivity index is 1.46. The highest BCUT2D eigenvalue weighted by atomic mass is 19.3. The van der Waals surface area contributed by atoms with Crippen LogP contribution in [-0.2, 0) is 16.1 Å². The Kier molecular flexibility index (Phi) is 8.81. The largest absolute Gasteiger partial charge is 0.492 e. The van der Waals surface area contributed by atoms with Gasteiger partial charge in [-0.25, -0.2) is 0 Å². The second-order valence-corrected chi connectivity index (χ2v) is 6.92. The minimum atomic E-state index is -2.92. The van der Waals surface area contributed by atoms with Gasteiger partial charge in [-0.05, 0) is 29.8 Å². The van der Waals surface area contributed by atoms with Gasteiger partial charge in [-0.1, -0.05) is 30.3 Å². The predicted molar refractivity (Wildman–Crippen MR) is 113 cm³/mol. The monoisotopic (exact) mass is 432 g/mol. The summed E-state index contributed by atoms with van der Waals surface area (Å²) in [5.41, 5.74) is 1.29. The minimum absolute atomic E-state index is 0.0171. The van der Waals surface area contributed by atoms with Crippen molar-refractivity contribution in [2.75, 3.05) is 39.5 Å². The number of morpholine rings is 1. The number of hydrogen-bond acceptors (Lipinski definition) is 5. The first-order chi connectivity index (χ1) is 15.1. The number of ether oxygens (including phenoxy) is 3. The van der Waals surface area contributed by atoms with E-state index in [1.165, 1.54) is 18.2 Å². The summed E-state index contributed by atoms with van der Waals surface area (Å²) in [6.45, 7) is 2.17. The molecule has 1 aliphatic rings. The summed E-state index contributed by atoms with van der Waals surface area (Å²) in [7, 11) is 0. The third-order valence-corrected chi connectivity index (χ3v) is 4.69. The van der Waals surface area contributed by atoms with E-state index in [2.05, 4.69) is 15.0 Å². The van der Waals surface area contributed by atoms with Crippen molar-refractivity contribution in [1.82, 2.24) is 10.2 Å². The lowest BCUT2D eigenvalue weighted by Crippen LogP contribution is -2.38. The smallest absolute Gasteiger partial charge is 0.387 e. The molecule has 0 unspecified atom stereocenters. The molecule has 0 spiro atoms. The topological polar surface area (TPSA) is 60.0 Å². The molecule has 0 atom stereocenters. The summed E-state index contributed by atoms with van der Waals surface area (Å²) in [5, 5.41) is 2.77. The van der Waals surface area contributed by atoms with E-state index in [-0.39, 0.29) is 11.7 Å². The third kappa shape index (κ3) is 7.99. The Morgan fingerprint density at radius 1 is 1.16 bits per heavy atom. The van der Waals surface area contributed by atoms with E-state index in [1.807, 2.05) is 24.3 Å². The molecule has 0 radical (unpaired) electrons. The van der Waals surface area contributed by atoms with E-state index in [0.29, 0.717) is 18.7 Å². The molecule has 0 aromatic heterocycles. The zero-order valence-corrected chi connectivity index (χ0v) is 17.1. The molecule has 1 amide bonds. The van der Waals surface area contributed by atoms with Crippen molar-refractivity contribution in [1.29, 1.82) is 0 Å². The zero-order chi connectivity index (χ0) is 21.9. The average molecular weight is 432 g/mol. The first-order valence-corrected chi connectivity index (χ1v) is 10.1. The maximum absolute atomic E-state index is 12.5. The van der Waals surface area contributed by atoms with Crippen LogP contribution in [-0.4, -0.2) is 56.9 Å². The number of halogens is 2. The number of para-hydroxylation sites is 1. The number of nitrogens with zero attached hydrogens (tertiary/aromatic N) is 1. The summed E-state index contributed by atoms with van der Waals surface area (Å²) in [4.78, 5) is 14.4. The number of alkyl halides is 2. The summed E-state index contributed by atoms with van der Waals surface area (Å²) in [5.74, 6) is 0.419. The van der Waals surface area contributed by atoms with Crippen molar-refractivity contribution in [3.63, 3.8) is 0 Å². The summed E-state index contributed by atoms with van der Waals surface area (Å²) in [6.07, 6.45) is 2.73. The van der Waals surface area contributed by atoms with E-state index < -0.39 is 6.61 Å². The van der Waals surface area contributed by atoms with Crippen LogP contribution < -0.4 is 14.8 Å².